The largest absolute Gasteiger partial charge is 0.361 e. The van der Waals surface area contributed by atoms with Crippen molar-refractivity contribution >= 4 is 0 Å². The molecule has 0 bridgehead atoms. The third-order valence-electron chi connectivity index (χ3n) is 2.61. The van der Waals surface area contributed by atoms with Crippen LogP contribution in [0.15, 0.2) is 0 Å². The summed E-state index contributed by atoms with van der Waals surface area (Å²) in [6.45, 7) is 0.235. The minimum atomic E-state index is -0.120. The summed E-state index contributed by atoms with van der Waals surface area (Å²) in [4.78, 5) is 0. The fourth-order valence-electron chi connectivity index (χ4n) is 1.75. The van der Waals surface area contributed by atoms with Crippen molar-refractivity contribution < 1.29 is 9.84 Å². The lowest BCUT2D eigenvalue weighted by Gasteiger charge is -2.12. The lowest BCUT2D eigenvalue weighted by molar-refractivity contribution is 0.00257. The van der Waals surface area contributed by atoms with Gasteiger partial charge in [0.1, 0.15) is 12.8 Å². The molecule has 1 aliphatic carbocycles. The highest BCUT2D eigenvalue weighted by Crippen LogP contribution is 2.44. The van der Waals surface area contributed by atoms with Crippen molar-refractivity contribution in [2.45, 2.75) is 37.5 Å². The number of nitrogens with one attached hydrogen (secondary N) is 1. The molecule has 1 heterocycles. The molecule has 1 aliphatic heterocycles. The van der Waals surface area contributed by atoms with Crippen molar-refractivity contribution in [1.29, 1.82) is 0 Å². The lowest BCUT2D eigenvalue weighted by Crippen LogP contribution is -2.33. The van der Waals surface area contributed by atoms with Crippen molar-refractivity contribution in [3.05, 3.63) is 0 Å². The Morgan fingerprint density at radius 3 is 2.82 bits per heavy atom. The maximum atomic E-state index is 10.1. The molecule has 1 spiro atoms. The van der Waals surface area contributed by atoms with Gasteiger partial charge < -0.3 is 4.74 Å². The van der Waals surface area contributed by atoms with Crippen LogP contribution in [0.3, 0.4) is 0 Å². The minimum absolute atomic E-state index is 0.120. The van der Waals surface area contributed by atoms with E-state index >= 15 is 0 Å². The van der Waals surface area contributed by atoms with E-state index in [1.54, 1.807) is 0 Å². The Morgan fingerprint density at radius 2 is 2.27 bits per heavy atom. The third-order valence-corrected chi connectivity index (χ3v) is 2.61. The monoisotopic (exact) mass is 156 g/mol. The van der Waals surface area contributed by atoms with Gasteiger partial charge in [-0.1, -0.05) is 0 Å². The second kappa shape index (κ2) is 2.73. The first-order valence-electron chi connectivity index (χ1n) is 4.32. The summed E-state index contributed by atoms with van der Waals surface area (Å²) >= 11 is 0. The quantitative estimate of drug-likeness (QED) is 0.652. The summed E-state index contributed by atoms with van der Waals surface area (Å²) in [6.07, 6.45) is 5.08. The van der Waals surface area contributed by atoms with E-state index in [1.165, 1.54) is 19.3 Å². The molecule has 1 saturated heterocycles. The molecule has 1 saturated carbocycles. The molecule has 3 heteroatoms. The van der Waals surface area contributed by atoms with Crippen LogP contribution in [0.1, 0.15) is 25.7 Å². The maximum Gasteiger partial charge on any atom is 0.108 e. The molecule has 0 aromatic heterocycles. The average molecular weight is 156 g/mol. The highest BCUT2D eigenvalue weighted by Gasteiger charge is 2.48. The van der Waals surface area contributed by atoms with Crippen LogP contribution in [-0.2, 0) is 9.84 Å². The summed E-state index contributed by atoms with van der Waals surface area (Å²) in [5.74, 6) is 0. The first-order valence-corrected chi connectivity index (χ1v) is 4.32. The number of ether oxygens (including phenoxy) is 1. The summed E-state index contributed by atoms with van der Waals surface area (Å²) in [5.41, 5.74) is 0.438. The van der Waals surface area contributed by atoms with Gasteiger partial charge in [0, 0.05) is 5.54 Å². The molecule has 63 valence electrons. The molecular formula is C8H14NO2. The van der Waals surface area contributed by atoms with Crippen molar-refractivity contribution in [3.63, 3.8) is 0 Å². The fraction of sp³-hybridized carbons (Fsp3) is 1.00. The Morgan fingerprint density at radius 1 is 1.45 bits per heavy atom. The first kappa shape index (κ1) is 7.53. The summed E-state index contributed by atoms with van der Waals surface area (Å²) < 4.78 is 5.30. The molecule has 2 aliphatic rings. The topological polar surface area (TPSA) is 41.2 Å². The van der Waals surface area contributed by atoms with E-state index in [1.807, 2.05) is 0 Å². The van der Waals surface area contributed by atoms with E-state index in [2.05, 4.69) is 5.32 Å². The van der Waals surface area contributed by atoms with Crippen LogP contribution in [0.2, 0.25) is 0 Å². The van der Waals surface area contributed by atoms with Crippen LogP contribution in [0.4, 0.5) is 0 Å². The molecule has 2 rings (SSSR count). The van der Waals surface area contributed by atoms with E-state index in [0.717, 1.165) is 6.42 Å². The Kier molecular flexibility index (Phi) is 1.87. The second-order valence-electron chi connectivity index (χ2n) is 3.53. The number of hydrogen-bond acceptors (Lipinski definition) is 2. The van der Waals surface area contributed by atoms with Crippen LogP contribution in [0, 0.1) is 0 Å². The van der Waals surface area contributed by atoms with Gasteiger partial charge in [-0.2, -0.15) is 0 Å². The fourth-order valence-corrected chi connectivity index (χ4v) is 1.75. The van der Waals surface area contributed by atoms with Crippen LogP contribution < -0.4 is 5.32 Å². The molecule has 1 radical (unpaired) electrons. The predicted octanol–water partition coefficient (Wildman–Crippen LogP) is 0.676. The van der Waals surface area contributed by atoms with Crippen molar-refractivity contribution in [3.8, 4) is 0 Å². The minimum Gasteiger partial charge on any atom is -0.361 e. The first-order chi connectivity index (χ1) is 5.35. The lowest BCUT2D eigenvalue weighted by atomic mass is 10.2. The molecule has 1 atom stereocenters. The average Bonchev–Trinajstić information content (AvgIpc) is 2.61. The Labute approximate surface area is 66.7 Å². The zero-order valence-electron chi connectivity index (χ0n) is 6.64. The van der Waals surface area contributed by atoms with Gasteiger partial charge >= 0.3 is 0 Å². The van der Waals surface area contributed by atoms with Gasteiger partial charge in [0.25, 0.3) is 0 Å². The molecule has 1 unspecified atom stereocenters. The molecule has 11 heavy (non-hydrogen) atoms. The zero-order chi connectivity index (χ0) is 7.73. The van der Waals surface area contributed by atoms with Crippen LogP contribution >= 0.6 is 0 Å². The smallest absolute Gasteiger partial charge is 0.108 e. The second-order valence-corrected chi connectivity index (χ2v) is 3.53. The molecule has 0 aromatic rings. The molecule has 0 aromatic carbocycles. The van der Waals surface area contributed by atoms with Crippen molar-refractivity contribution in [2.75, 3.05) is 13.2 Å². The van der Waals surface area contributed by atoms with Gasteiger partial charge in [-0.3, -0.25) is 5.32 Å². The third kappa shape index (κ3) is 1.55. The van der Waals surface area contributed by atoms with Gasteiger partial charge in [0.05, 0.1) is 6.61 Å². The summed E-state index contributed by atoms with van der Waals surface area (Å²) in [6, 6.07) is 0. The molecule has 0 amide bonds. The van der Waals surface area contributed by atoms with E-state index < -0.39 is 0 Å². The normalized spacial score (nSPS) is 33.0. The Bertz CT molecular complexity index is 145. The standard InChI is InChI=1S/C8H14NO2/c10-5-6-11-7-1-2-8(9-7)3-4-8/h7,9H,1-6H2. The predicted molar refractivity (Wildman–Crippen MR) is 39.6 cm³/mol. The van der Waals surface area contributed by atoms with Crippen molar-refractivity contribution in [1.82, 2.24) is 5.32 Å². The summed E-state index contributed by atoms with van der Waals surface area (Å²) in [7, 11) is 0. The SMILES string of the molecule is [O]CCOC1CCC2(CC2)N1. The number of hydrogen-bond donors (Lipinski definition) is 1. The van der Waals surface area contributed by atoms with Gasteiger partial charge in [-0.15, -0.1) is 0 Å². The molecule has 2 fully saturated rings. The van der Waals surface area contributed by atoms with Crippen LogP contribution in [0.5, 0.6) is 0 Å². The van der Waals surface area contributed by atoms with Crippen LogP contribution in [0.25, 0.3) is 0 Å². The van der Waals surface area contributed by atoms with Gasteiger partial charge in [-0.25, -0.2) is 5.11 Å². The highest BCUT2D eigenvalue weighted by molar-refractivity contribution is 5.06. The van der Waals surface area contributed by atoms with E-state index in [-0.39, 0.29) is 12.8 Å². The van der Waals surface area contributed by atoms with E-state index in [0.29, 0.717) is 12.1 Å². The Balaban J connectivity index is 1.72. The number of rotatable bonds is 3. The van der Waals surface area contributed by atoms with Gasteiger partial charge in [0.2, 0.25) is 0 Å². The molecule has 1 N–H and O–H groups in total. The Hall–Kier alpha value is -0.120. The summed E-state index contributed by atoms with van der Waals surface area (Å²) in [5, 5.41) is 13.5. The maximum absolute atomic E-state index is 10.1. The van der Waals surface area contributed by atoms with E-state index in [4.69, 9.17) is 4.74 Å². The van der Waals surface area contributed by atoms with Gasteiger partial charge in [-0.05, 0) is 25.7 Å². The van der Waals surface area contributed by atoms with E-state index in [9.17, 15) is 5.11 Å². The van der Waals surface area contributed by atoms with Crippen LogP contribution in [-0.4, -0.2) is 25.0 Å². The molecular weight excluding hydrogens is 142 g/mol. The molecule has 3 nitrogen and oxygen atoms in total. The van der Waals surface area contributed by atoms with Gasteiger partial charge in [0.15, 0.2) is 0 Å². The zero-order valence-corrected chi connectivity index (χ0v) is 6.64. The highest BCUT2D eigenvalue weighted by atomic mass is 16.5. The van der Waals surface area contributed by atoms with Crippen molar-refractivity contribution in [2.24, 2.45) is 0 Å².